The van der Waals surface area contributed by atoms with Gasteiger partial charge in [0.2, 0.25) is 9.84 Å². The van der Waals surface area contributed by atoms with Gasteiger partial charge in [-0.3, -0.25) is 4.79 Å². The maximum atomic E-state index is 12.5. The third-order valence-electron chi connectivity index (χ3n) is 3.51. The standard InChI is InChI=1S/C17H17F2NO3S/c1-11(2)14-5-3-4-6-15(14)20-16(21)12-7-9-13(10-8-12)24(22,23)17(18)19/h3-11,17H,1-2H3,(H,20,21). The highest BCUT2D eigenvalue weighted by atomic mass is 32.2. The van der Waals surface area contributed by atoms with E-state index in [9.17, 15) is 22.0 Å². The molecule has 1 N–H and O–H groups in total. The van der Waals surface area contributed by atoms with Crippen molar-refractivity contribution < 1.29 is 22.0 Å². The molecule has 0 bridgehead atoms. The molecule has 2 aromatic rings. The maximum absolute atomic E-state index is 12.5. The predicted octanol–water partition coefficient (Wildman–Crippen LogP) is 4.06. The molecule has 0 fully saturated rings. The number of sulfone groups is 1. The molecule has 0 aliphatic carbocycles. The monoisotopic (exact) mass is 353 g/mol. The van der Waals surface area contributed by atoms with Crippen molar-refractivity contribution in [3.63, 3.8) is 0 Å². The van der Waals surface area contributed by atoms with Crippen LogP contribution in [-0.2, 0) is 9.84 Å². The lowest BCUT2D eigenvalue weighted by Crippen LogP contribution is -2.15. The number of alkyl halides is 2. The van der Waals surface area contributed by atoms with E-state index in [-0.39, 0.29) is 11.5 Å². The molecule has 128 valence electrons. The molecule has 0 heterocycles. The summed E-state index contributed by atoms with van der Waals surface area (Å²) in [6.07, 6.45) is 0. The van der Waals surface area contributed by atoms with Crippen molar-refractivity contribution >= 4 is 21.4 Å². The van der Waals surface area contributed by atoms with Crippen molar-refractivity contribution in [1.82, 2.24) is 0 Å². The lowest BCUT2D eigenvalue weighted by molar-refractivity contribution is 0.102. The van der Waals surface area contributed by atoms with E-state index in [1.165, 1.54) is 12.1 Å². The van der Waals surface area contributed by atoms with Gasteiger partial charge in [0, 0.05) is 11.3 Å². The molecule has 1 amide bonds. The first kappa shape index (κ1) is 18.1. The van der Waals surface area contributed by atoms with Crippen LogP contribution in [0.1, 0.15) is 35.7 Å². The molecular formula is C17H17F2NO3S. The van der Waals surface area contributed by atoms with E-state index in [1.54, 1.807) is 12.1 Å². The first-order valence-corrected chi connectivity index (χ1v) is 8.80. The number of halogens is 2. The van der Waals surface area contributed by atoms with Crippen LogP contribution in [0, 0.1) is 0 Å². The average Bonchev–Trinajstić information content (AvgIpc) is 2.55. The van der Waals surface area contributed by atoms with Gasteiger partial charge >= 0.3 is 5.76 Å². The lowest BCUT2D eigenvalue weighted by atomic mass is 10.0. The first-order valence-electron chi connectivity index (χ1n) is 7.26. The number of para-hydroxylation sites is 1. The zero-order valence-electron chi connectivity index (χ0n) is 13.2. The zero-order chi connectivity index (χ0) is 17.9. The molecule has 0 aromatic heterocycles. The third-order valence-corrected chi connectivity index (χ3v) is 4.91. The Morgan fingerprint density at radius 1 is 1.00 bits per heavy atom. The van der Waals surface area contributed by atoms with Crippen molar-refractivity contribution in [2.45, 2.75) is 30.4 Å². The Morgan fingerprint density at radius 3 is 2.12 bits per heavy atom. The molecule has 2 rings (SSSR count). The SMILES string of the molecule is CC(C)c1ccccc1NC(=O)c1ccc(S(=O)(=O)C(F)F)cc1. The molecule has 0 aliphatic heterocycles. The van der Waals surface area contributed by atoms with Crippen LogP contribution < -0.4 is 5.32 Å². The van der Waals surface area contributed by atoms with Gasteiger partial charge < -0.3 is 5.32 Å². The van der Waals surface area contributed by atoms with E-state index in [4.69, 9.17) is 0 Å². The fraction of sp³-hybridized carbons (Fsp3) is 0.235. The molecule has 0 saturated heterocycles. The van der Waals surface area contributed by atoms with Gasteiger partial charge in [-0.2, -0.15) is 8.78 Å². The van der Waals surface area contributed by atoms with Crippen molar-refractivity contribution in [1.29, 1.82) is 0 Å². The summed E-state index contributed by atoms with van der Waals surface area (Å²) in [7, 11) is -4.66. The molecule has 0 unspecified atom stereocenters. The lowest BCUT2D eigenvalue weighted by Gasteiger charge is -2.13. The van der Waals surface area contributed by atoms with Gasteiger partial charge in [-0.25, -0.2) is 8.42 Å². The summed E-state index contributed by atoms with van der Waals surface area (Å²) >= 11 is 0. The summed E-state index contributed by atoms with van der Waals surface area (Å²) < 4.78 is 47.7. The van der Waals surface area contributed by atoms with Gasteiger partial charge in [-0.15, -0.1) is 0 Å². The second kappa shape index (κ2) is 7.09. The number of carbonyl (C=O) groups is 1. The highest BCUT2D eigenvalue weighted by molar-refractivity contribution is 7.91. The normalized spacial score (nSPS) is 11.8. The third kappa shape index (κ3) is 3.79. The molecule has 7 heteroatoms. The van der Waals surface area contributed by atoms with E-state index < -0.39 is 26.4 Å². The number of benzene rings is 2. The van der Waals surface area contributed by atoms with E-state index in [0.29, 0.717) is 5.69 Å². The Labute approximate surface area is 139 Å². The van der Waals surface area contributed by atoms with Crippen LogP contribution in [-0.4, -0.2) is 20.1 Å². The summed E-state index contributed by atoms with van der Waals surface area (Å²) in [4.78, 5) is 11.8. The predicted molar refractivity (Wildman–Crippen MR) is 88.1 cm³/mol. The minimum atomic E-state index is -4.66. The van der Waals surface area contributed by atoms with E-state index in [0.717, 1.165) is 17.7 Å². The Balaban J connectivity index is 2.23. The van der Waals surface area contributed by atoms with E-state index >= 15 is 0 Å². The number of carbonyl (C=O) groups excluding carboxylic acids is 1. The van der Waals surface area contributed by atoms with Gasteiger partial charge in [0.15, 0.2) is 0 Å². The van der Waals surface area contributed by atoms with Crippen LogP contribution >= 0.6 is 0 Å². The van der Waals surface area contributed by atoms with E-state index in [1.807, 2.05) is 26.0 Å². The molecule has 0 spiro atoms. The number of anilines is 1. The van der Waals surface area contributed by atoms with Crippen LogP contribution in [0.15, 0.2) is 53.4 Å². The van der Waals surface area contributed by atoms with Crippen molar-refractivity contribution in [2.75, 3.05) is 5.32 Å². The molecule has 2 aromatic carbocycles. The van der Waals surface area contributed by atoms with Crippen molar-refractivity contribution in [2.24, 2.45) is 0 Å². The van der Waals surface area contributed by atoms with Crippen LogP contribution in [0.25, 0.3) is 0 Å². The summed E-state index contributed by atoms with van der Waals surface area (Å²) in [5.74, 6) is -3.72. The van der Waals surface area contributed by atoms with Gasteiger partial charge in [0.05, 0.1) is 4.90 Å². The molecular weight excluding hydrogens is 336 g/mol. The minimum Gasteiger partial charge on any atom is -0.322 e. The smallest absolute Gasteiger partial charge is 0.322 e. The Kier molecular flexibility index (Phi) is 5.33. The highest BCUT2D eigenvalue weighted by Crippen LogP contribution is 2.24. The summed E-state index contributed by atoms with van der Waals surface area (Å²) in [6.45, 7) is 3.99. The highest BCUT2D eigenvalue weighted by Gasteiger charge is 2.26. The topological polar surface area (TPSA) is 63.2 Å². The molecule has 0 atom stereocenters. The number of amides is 1. The van der Waals surface area contributed by atoms with Crippen LogP contribution in [0.4, 0.5) is 14.5 Å². The Bertz CT molecular complexity index is 831. The Hall–Kier alpha value is -2.28. The second-order valence-electron chi connectivity index (χ2n) is 5.53. The largest absolute Gasteiger partial charge is 0.341 e. The molecule has 0 radical (unpaired) electrons. The number of rotatable bonds is 5. The van der Waals surface area contributed by atoms with Crippen LogP contribution in [0.5, 0.6) is 0 Å². The van der Waals surface area contributed by atoms with Crippen molar-refractivity contribution in [3.8, 4) is 0 Å². The van der Waals surface area contributed by atoms with Crippen LogP contribution in [0.2, 0.25) is 0 Å². The minimum absolute atomic E-state index is 0.182. The number of hydrogen-bond acceptors (Lipinski definition) is 3. The van der Waals surface area contributed by atoms with Gasteiger partial charge in [-0.1, -0.05) is 32.0 Å². The molecule has 0 saturated carbocycles. The molecule has 4 nitrogen and oxygen atoms in total. The quantitative estimate of drug-likeness (QED) is 0.882. The summed E-state index contributed by atoms with van der Waals surface area (Å²) in [6, 6.07) is 11.8. The molecule has 24 heavy (non-hydrogen) atoms. The summed E-state index contributed by atoms with van der Waals surface area (Å²) in [5, 5.41) is 2.75. The number of nitrogens with one attached hydrogen (secondary N) is 1. The molecule has 0 aliphatic rings. The average molecular weight is 353 g/mol. The van der Waals surface area contributed by atoms with E-state index in [2.05, 4.69) is 5.32 Å². The number of hydrogen-bond donors (Lipinski definition) is 1. The fourth-order valence-corrected chi connectivity index (χ4v) is 2.93. The van der Waals surface area contributed by atoms with Crippen LogP contribution in [0.3, 0.4) is 0 Å². The van der Waals surface area contributed by atoms with Crippen molar-refractivity contribution in [3.05, 3.63) is 59.7 Å². The first-order chi connectivity index (χ1) is 11.2. The fourth-order valence-electron chi connectivity index (χ4n) is 2.21. The second-order valence-corrected chi connectivity index (χ2v) is 7.44. The summed E-state index contributed by atoms with van der Waals surface area (Å²) in [5.41, 5.74) is 1.80. The maximum Gasteiger partial charge on any atom is 0.341 e. The van der Waals surface area contributed by atoms with Gasteiger partial charge in [0.25, 0.3) is 5.91 Å². The van der Waals surface area contributed by atoms with Gasteiger partial charge in [0.1, 0.15) is 0 Å². The Morgan fingerprint density at radius 2 is 1.58 bits per heavy atom. The van der Waals surface area contributed by atoms with Gasteiger partial charge in [-0.05, 0) is 41.8 Å². The zero-order valence-corrected chi connectivity index (χ0v) is 14.0.